The van der Waals surface area contributed by atoms with E-state index in [0.717, 1.165) is 21.7 Å². The van der Waals surface area contributed by atoms with E-state index in [4.69, 9.17) is 4.74 Å². The molecule has 0 spiro atoms. The second-order valence-corrected chi connectivity index (χ2v) is 4.24. The topological polar surface area (TPSA) is 47.0 Å². The molecule has 88 valence electrons. The van der Waals surface area contributed by atoms with Crippen LogP contribution in [0.25, 0.3) is 0 Å². The molecular formula is C12H12BrN3O. The van der Waals surface area contributed by atoms with E-state index in [2.05, 4.69) is 31.2 Å². The predicted molar refractivity (Wildman–Crippen MR) is 70.1 cm³/mol. The third-order valence-electron chi connectivity index (χ3n) is 2.24. The first-order chi connectivity index (χ1) is 8.28. The van der Waals surface area contributed by atoms with E-state index in [9.17, 15) is 0 Å². The molecule has 17 heavy (non-hydrogen) atoms. The quantitative estimate of drug-likeness (QED) is 0.942. The molecule has 0 saturated heterocycles. The van der Waals surface area contributed by atoms with Crippen molar-refractivity contribution in [1.29, 1.82) is 0 Å². The highest BCUT2D eigenvalue weighted by atomic mass is 79.9. The van der Waals surface area contributed by atoms with Crippen LogP contribution < -0.4 is 10.1 Å². The van der Waals surface area contributed by atoms with E-state index in [1.165, 1.54) is 0 Å². The molecule has 0 aliphatic rings. The minimum absolute atomic E-state index is 0.703. The highest BCUT2D eigenvalue weighted by molar-refractivity contribution is 9.10. The highest BCUT2D eigenvalue weighted by Crippen LogP contribution is 2.13. The van der Waals surface area contributed by atoms with Gasteiger partial charge in [0.2, 0.25) is 0 Å². The molecule has 2 rings (SSSR count). The second kappa shape index (κ2) is 5.63. The van der Waals surface area contributed by atoms with Crippen LogP contribution in [0.5, 0.6) is 5.75 Å². The number of rotatable bonds is 4. The lowest BCUT2D eigenvalue weighted by atomic mass is 10.2. The van der Waals surface area contributed by atoms with E-state index < -0.39 is 0 Å². The predicted octanol–water partition coefficient (Wildman–Crippen LogP) is 2.86. The molecule has 0 fully saturated rings. The number of hydrogen-bond acceptors (Lipinski definition) is 4. The number of aromatic nitrogens is 2. The van der Waals surface area contributed by atoms with Crippen molar-refractivity contribution in [3.63, 3.8) is 0 Å². The number of anilines is 1. The molecule has 1 aromatic heterocycles. The average molecular weight is 294 g/mol. The number of hydrogen-bond donors (Lipinski definition) is 1. The van der Waals surface area contributed by atoms with Gasteiger partial charge in [-0.1, -0.05) is 12.1 Å². The Morgan fingerprint density at radius 2 is 2.00 bits per heavy atom. The summed E-state index contributed by atoms with van der Waals surface area (Å²) in [5.74, 6) is 1.60. The lowest BCUT2D eigenvalue weighted by molar-refractivity contribution is 0.414. The minimum atomic E-state index is 0.703. The van der Waals surface area contributed by atoms with Crippen LogP contribution in [0.2, 0.25) is 0 Å². The van der Waals surface area contributed by atoms with Gasteiger partial charge in [-0.15, -0.1) is 0 Å². The van der Waals surface area contributed by atoms with Gasteiger partial charge in [0.05, 0.1) is 19.5 Å². The first-order valence-corrected chi connectivity index (χ1v) is 5.91. The first kappa shape index (κ1) is 11.9. The van der Waals surface area contributed by atoms with Crippen molar-refractivity contribution >= 4 is 21.7 Å². The van der Waals surface area contributed by atoms with Crippen LogP contribution in [0.1, 0.15) is 5.56 Å². The third kappa shape index (κ3) is 3.42. The lowest BCUT2D eigenvalue weighted by Gasteiger charge is -2.06. The second-order valence-electron chi connectivity index (χ2n) is 3.43. The smallest absolute Gasteiger partial charge is 0.146 e. The zero-order chi connectivity index (χ0) is 12.1. The van der Waals surface area contributed by atoms with Gasteiger partial charge >= 0.3 is 0 Å². The molecule has 0 radical (unpaired) electrons. The van der Waals surface area contributed by atoms with Gasteiger partial charge in [-0.2, -0.15) is 0 Å². The normalized spacial score (nSPS) is 10.0. The molecule has 5 heteroatoms. The number of halogens is 1. The van der Waals surface area contributed by atoms with Crippen LogP contribution in [-0.4, -0.2) is 17.1 Å². The summed E-state index contributed by atoms with van der Waals surface area (Å²) in [5.41, 5.74) is 1.16. The van der Waals surface area contributed by atoms with Crippen molar-refractivity contribution in [2.75, 3.05) is 12.4 Å². The third-order valence-corrected chi connectivity index (χ3v) is 2.62. The number of ether oxygens (including phenoxy) is 1. The summed E-state index contributed by atoms with van der Waals surface area (Å²) in [6.45, 7) is 0.703. The molecule has 0 aliphatic carbocycles. The molecule has 0 amide bonds. The fourth-order valence-electron chi connectivity index (χ4n) is 1.36. The SMILES string of the molecule is COc1ccc(CNc2cncc(Br)n2)cc1. The molecule has 0 saturated carbocycles. The summed E-state index contributed by atoms with van der Waals surface area (Å²) in [7, 11) is 1.66. The maximum absolute atomic E-state index is 5.10. The van der Waals surface area contributed by atoms with Gasteiger partial charge in [0.25, 0.3) is 0 Å². The Kier molecular flexibility index (Phi) is 3.93. The Morgan fingerprint density at radius 1 is 1.24 bits per heavy atom. The molecule has 0 aliphatic heterocycles. The molecule has 0 unspecified atom stereocenters. The largest absolute Gasteiger partial charge is 0.497 e. The standard InChI is InChI=1S/C12H12BrN3O/c1-17-10-4-2-9(3-5-10)6-15-12-8-14-7-11(13)16-12/h2-5,7-8H,6H2,1H3,(H,15,16). The van der Waals surface area contributed by atoms with Crippen molar-refractivity contribution < 1.29 is 4.74 Å². The highest BCUT2D eigenvalue weighted by Gasteiger charge is 1.97. The maximum atomic E-state index is 5.10. The van der Waals surface area contributed by atoms with E-state index in [1.807, 2.05) is 24.3 Å². The summed E-state index contributed by atoms with van der Waals surface area (Å²) < 4.78 is 5.82. The van der Waals surface area contributed by atoms with Crippen LogP contribution in [-0.2, 0) is 6.54 Å². The Morgan fingerprint density at radius 3 is 2.65 bits per heavy atom. The summed E-state index contributed by atoms with van der Waals surface area (Å²) in [6.07, 6.45) is 3.34. The van der Waals surface area contributed by atoms with E-state index in [-0.39, 0.29) is 0 Å². The van der Waals surface area contributed by atoms with Crippen LogP contribution in [0.4, 0.5) is 5.82 Å². The van der Waals surface area contributed by atoms with Crippen LogP contribution >= 0.6 is 15.9 Å². The van der Waals surface area contributed by atoms with Crippen LogP contribution in [0.3, 0.4) is 0 Å². The average Bonchev–Trinajstić information content (AvgIpc) is 2.37. The molecule has 1 N–H and O–H groups in total. The summed E-state index contributed by atoms with van der Waals surface area (Å²) in [6, 6.07) is 7.89. The van der Waals surface area contributed by atoms with E-state index in [0.29, 0.717) is 6.54 Å². The molecule has 0 bridgehead atoms. The molecule has 1 heterocycles. The molecule has 4 nitrogen and oxygen atoms in total. The maximum Gasteiger partial charge on any atom is 0.146 e. The van der Waals surface area contributed by atoms with Crippen LogP contribution in [0.15, 0.2) is 41.3 Å². The molecule has 0 atom stereocenters. The summed E-state index contributed by atoms with van der Waals surface area (Å²) in [4.78, 5) is 8.27. The number of nitrogens with one attached hydrogen (secondary N) is 1. The Balaban J connectivity index is 1.97. The van der Waals surface area contributed by atoms with Gasteiger partial charge < -0.3 is 10.1 Å². The van der Waals surface area contributed by atoms with Gasteiger partial charge in [-0.05, 0) is 33.6 Å². The van der Waals surface area contributed by atoms with Gasteiger partial charge in [-0.25, -0.2) is 4.98 Å². The zero-order valence-corrected chi connectivity index (χ0v) is 10.9. The number of methoxy groups -OCH3 is 1. The fraction of sp³-hybridized carbons (Fsp3) is 0.167. The Hall–Kier alpha value is -1.62. The van der Waals surface area contributed by atoms with E-state index >= 15 is 0 Å². The van der Waals surface area contributed by atoms with Crippen molar-refractivity contribution in [1.82, 2.24) is 9.97 Å². The van der Waals surface area contributed by atoms with Crippen molar-refractivity contribution in [2.24, 2.45) is 0 Å². The van der Waals surface area contributed by atoms with Gasteiger partial charge in [0.1, 0.15) is 16.2 Å². The summed E-state index contributed by atoms with van der Waals surface area (Å²) in [5, 5.41) is 3.19. The zero-order valence-electron chi connectivity index (χ0n) is 9.35. The van der Waals surface area contributed by atoms with Crippen molar-refractivity contribution in [2.45, 2.75) is 6.54 Å². The number of benzene rings is 1. The lowest BCUT2D eigenvalue weighted by Crippen LogP contribution is -2.01. The Bertz CT molecular complexity index is 487. The molecule has 2 aromatic rings. The van der Waals surface area contributed by atoms with E-state index in [1.54, 1.807) is 19.5 Å². The van der Waals surface area contributed by atoms with Crippen molar-refractivity contribution in [3.05, 3.63) is 46.8 Å². The van der Waals surface area contributed by atoms with Gasteiger partial charge in [0.15, 0.2) is 0 Å². The van der Waals surface area contributed by atoms with Crippen LogP contribution in [0, 0.1) is 0 Å². The first-order valence-electron chi connectivity index (χ1n) is 5.12. The van der Waals surface area contributed by atoms with Gasteiger partial charge in [-0.3, -0.25) is 4.98 Å². The number of nitrogens with zero attached hydrogens (tertiary/aromatic N) is 2. The Labute approximate surface area is 108 Å². The minimum Gasteiger partial charge on any atom is -0.497 e. The van der Waals surface area contributed by atoms with Crippen molar-refractivity contribution in [3.8, 4) is 5.75 Å². The summed E-state index contributed by atoms with van der Waals surface area (Å²) >= 11 is 3.28. The molecular weight excluding hydrogens is 282 g/mol. The fourth-order valence-corrected chi connectivity index (χ4v) is 1.67. The molecule has 1 aromatic carbocycles. The van der Waals surface area contributed by atoms with Gasteiger partial charge in [0, 0.05) is 6.54 Å². The monoisotopic (exact) mass is 293 g/mol.